The van der Waals surface area contributed by atoms with E-state index in [1.54, 1.807) is 0 Å². The predicted molar refractivity (Wildman–Crippen MR) is 87.3 cm³/mol. The number of nitrogens with one attached hydrogen (secondary N) is 2. The van der Waals surface area contributed by atoms with Gasteiger partial charge in [0.05, 0.1) is 11.6 Å². The molecule has 0 radical (unpaired) electrons. The molecule has 0 aliphatic carbocycles. The lowest BCUT2D eigenvalue weighted by molar-refractivity contribution is -0.119. The first kappa shape index (κ1) is 14.6. The minimum Gasteiger partial charge on any atom is -0.455 e. The molecule has 2 aromatic rings. The lowest BCUT2D eigenvalue weighted by Crippen LogP contribution is -2.24. The van der Waals surface area contributed by atoms with Crippen molar-refractivity contribution in [2.24, 2.45) is 5.92 Å². The van der Waals surface area contributed by atoms with Crippen LogP contribution in [0.4, 0.5) is 5.69 Å². The van der Waals surface area contributed by atoms with Crippen LogP contribution in [0, 0.1) is 12.8 Å². The molecule has 1 aliphatic heterocycles. The highest BCUT2D eigenvalue weighted by molar-refractivity contribution is 5.94. The molecule has 0 bridgehead atoms. The topological polar surface area (TPSA) is 50.4 Å². The number of para-hydroxylation sites is 2. The fourth-order valence-electron chi connectivity index (χ4n) is 2.51. The van der Waals surface area contributed by atoms with Gasteiger partial charge in [0.25, 0.3) is 0 Å². The molecule has 0 unspecified atom stereocenters. The first-order valence-electron chi connectivity index (χ1n) is 7.57. The van der Waals surface area contributed by atoms with E-state index in [1.807, 2.05) is 55.5 Å². The number of amides is 1. The average Bonchev–Trinajstić information content (AvgIpc) is 3.06. The van der Waals surface area contributed by atoms with Crippen molar-refractivity contribution in [3.05, 3.63) is 54.1 Å². The standard InChI is InChI=1S/C18H20N2O2/c1-13-6-8-15(9-7-13)22-17-5-3-2-4-16(17)20-18(21)14-10-11-19-12-14/h2-9,14,19H,10-12H2,1H3,(H,20,21)/t14-/m1/s1. The zero-order chi connectivity index (χ0) is 15.4. The molecule has 1 saturated heterocycles. The van der Waals surface area contributed by atoms with E-state index in [-0.39, 0.29) is 11.8 Å². The van der Waals surface area contributed by atoms with Crippen LogP contribution >= 0.6 is 0 Å². The maximum Gasteiger partial charge on any atom is 0.228 e. The van der Waals surface area contributed by atoms with Crippen molar-refractivity contribution in [2.45, 2.75) is 13.3 Å². The van der Waals surface area contributed by atoms with Gasteiger partial charge in [-0.25, -0.2) is 0 Å². The Labute approximate surface area is 130 Å². The van der Waals surface area contributed by atoms with E-state index in [9.17, 15) is 4.79 Å². The zero-order valence-corrected chi connectivity index (χ0v) is 12.6. The molecule has 1 heterocycles. The van der Waals surface area contributed by atoms with E-state index in [1.165, 1.54) is 5.56 Å². The Morgan fingerprint density at radius 3 is 2.68 bits per heavy atom. The Kier molecular flexibility index (Phi) is 4.39. The fraction of sp³-hybridized carbons (Fsp3) is 0.278. The van der Waals surface area contributed by atoms with Crippen LogP contribution in [0.5, 0.6) is 11.5 Å². The van der Waals surface area contributed by atoms with Gasteiger partial charge >= 0.3 is 0 Å². The summed E-state index contributed by atoms with van der Waals surface area (Å²) < 4.78 is 5.90. The number of carbonyl (C=O) groups is 1. The van der Waals surface area contributed by atoms with E-state index in [0.717, 1.165) is 25.3 Å². The Morgan fingerprint density at radius 1 is 1.18 bits per heavy atom. The first-order valence-corrected chi connectivity index (χ1v) is 7.57. The minimum absolute atomic E-state index is 0.0347. The van der Waals surface area contributed by atoms with Crippen LogP contribution in [0.25, 0.3) is 0 Å². The summed E-state index contributed by atoms with van der Waals surface area (Å²) in [5, 5.41) is 6.19. The predicted octanol–water partition coefficient (Wildman–Crippen LogP) is 3.34. The third-order valence-corrected chi connectivity index (χ3v) is 3.82. The number of aryl methyl sites for hydroxylation is 1. The molecule has 1 fully saturated rings. The summed E-state index contributed by atoms with van der Waals surface area (Å²) in [6, 6.07) is 15.4. The average molecular weight is 296 g/mol. The summed E-state index contributed by atoms with van der Waals surface area (Å²) in [5.41, 5.74) is 1.89. The third kappa shape index (κ3) is 3.46. The van der Waals surface area contributed by atoms with Gasteiger partial charge in [0.2, 0.25) is 5.91 Å². The van der Waals surface area contributed by atoms with Crippen molar-refractivity contribution in [3.8, 4) is 11.5 Å². The summed E-state index contributed by atoms with van der Waals surface area (Å²) in [6.45, 7) is 3.68. The van der Waals surface area contributed by atoms with Crippen LogP contribution in [-0.2, 0) is 4.79 Å². The summed E-state index contributed by atoms with van der Waals surface area (Å²) in [7, 11) is 0. The van der Waals surface area contributed by atoms with E-state index in [2.05, 4.69) is 10.6 Å². The molecule has 0 aromatic heterocycles. The third-order valence-electron chi connectivity index (χ3n) is 3.82. The fourth-order valence-corrected chi connectivity index (χ4v) is 2.51. The van der Waals surface area contributed by atoms with E-state index < -0.39 is 0 Å². The molecule has 1 atom stereocenters. The smallest absolute Gasteiger partial charge is 0.228 e. The van der Waals surface area contributed by atoms with Crippen LogP contribution in [0.2, 0.25) is 0 Å². The van der Waals surface area contributed by atoms with Crippen LogP contribution in [0.3, 0.4) is 0 Å². The largest absolute Gasteiger partial charge is 0.455 e. The molecule has 1 aliphatic rings. The highest BCUT2D eigenvalue weighted by Gasteiger charge is 2.23. The highest BCUT2D eigenvalue weighted by atomic mass is 16.5. The van der Waals surface area contributed by atoms with Crippen LogP contribution < -0.4 is 15.4 Å². The first-order chi connectivity index (χ1) is 10.7. The van der Waals surface area contributed by atoms with Crippen LogP contribution in [0.1, 0.15) is 12.0 Å². The number of carbonyl (C=O) groups excluding carboxylic acids is 1. The minimum atomic E-state index is 0.0347. The van der Waals surface area contributed by atoms with Gasteiger partial charge in [-0.15, -0.1) is 0 Å². The summed E-state index contributed by atoms with van der Waals surface area (Å²) in [5.74, 6) is 1.50. The molecule has 0 saturated carbocycles. The summed E-state index contributed by atoms with van der Waals surface area (Å²) in [6.07, 6.45) is 0.882. The van der Waals surface area contributed by atoms with Crippen molar-refractivity contribution in [1.29, 1.82) is 0 Å². The molecule has 2 aromatic carbocycles. The van der Waals surface area contributed by atoms with Crippen LogP contribution in [0.15, 0.2) is 48.5 Å². The van der Waals surface area contributed by atoms with Gasteiger partial charge < -0.3 is 15.4 Å². The monoisotopic (exact) mass is 296 g/mol. The van der Waals surface area contributed by atoms with Crippen molar-refractivity contribution < 1.29 is 9.53 Å². The van der Waals surface area contributed by atoms with Gasteiger partial charge in [-0.1, -0.05) is 29.8 Å². The van der Waals surface area contributed by atoms with Crippen molar-refractivity contribution in [3.63, 3.8) is 0 Å². The van der Waals surface area contributed by atoms with Crippen LogP contribution in [-0.4, -0.2) is 19.0 Å². The Bertz CT molecular complexity index is 646. The van der Waals surface area contributed by atoms with E-state index in [0.29, 0.717) is 11.4 Å². The quantitative estimate of drug-likeness (QED) is 0.910. The molecular formula is C18H20N2O2. The number of benzene rings is 2. The lowest BCUT2D eigenvalue weighted by atomic mass is 10.1. The van der Waals surface area contributed by atoms with Gasteiger partial charge in [-0.05, 0) is 44.2 Å². The molecule has 4 nitrogen and oxygen atoms in total. The van der Waals surface area contributed by atoms with Gasteiger partial charge in [-0.3, -0.25) is 4.79 Å². The summed E-state index contributed by atoms with van der Waals surface area (Å²) >= 11 is 0. The molecule has 2 N–H and O–H groups in total. The second-order valence-corrected chi connectivity index (χ2v) is 5.59. The lowest BCUT2D eigenvalue weighted by Gasteiger charge is -2.14. The number of anilines is 1. The molecule has 1 amide bonds. The van der Waals surface area contributed by atoms with Gasteiger partial charge in [0, 0.05) is 6.54 Å². The van der Waals surface area contributed by atoms with Gasteiger partial charge in [-0.2, -0.15) is 0 Å². The number of ether oxygens (including phenoxy) is 1. The Hall–Kier alpha value is -2.33. The number of hydrogen-bond acceptors (Lipinski definition) is 3. The maximum atomic E-state index is 12.3. The zero-order valence-electron chi connectivity index (χ0n) is 12.6. The SMILES string of the molecule is Cc1ccc(Oc2ccccc2NC(=O)[C@@H]2CCNC2)cc1. The maximum absolute atomic E-state index is 12.3. The van der Waals surface area contributed by atoms with Gasteiger partial charge in [0.15, 0.2) is 5.75 Å². The number of hydrogen-bond donors (Lipinski definition) is 2. The highest BCUT2D eigenvalue weighted by Crippen LogP contribution is 2.30. The Morgan fingerprint density at radius 2 is 1.95 bits per heavy atom. The van der Waals surface area contributed by atoms with E-state index >= 15 is 0 Å². The number of rotatable bonds is 4. The second-order valence-electron chi connectivity index (χ2n) is 5.59. The molecular weight excluding hydrogens is 276 g/mol. The second kappa shape index (κ2) is 6.62. The van der Waals surface area contributed by atoms with Crippen molar-refractivity contribution >= 4 is 11.6 Å². The molecule has 114 valence electrons. The molecule has 4 heteroatoms. The van der Waals surface area contributed by atoms with Gasteiger partial charge in [0.1, 0.15) is 5.75 Å². The van der Waals surface area contributed by atoms with Crippen molar-refractivity contribution in [1.82, 2.24) is 5.32 Å². The van der Waals surface area contributed by atoms with Crippen molar-refractivity contribution in [2.75, 3.05) is 18.4 Å². The summed E-state index contributed by atoms with van der Waals surface area (Å²) in [4.78, 5) is 12.3. The molecule has 0 spiro atoms. The molecule has 3 rings (SSSR count). The molecule has 22 heavy (non-hydrogen) atoms. The Balaban J connectivity index is 1.74. The normalized spacial score (nSPS) is 17.2. The van der Waals surface area contributed by atoms with E-state index in [4.69, 9.17) is 4.74 Å².